The van der Waals surface area contributed by atoms with Crippen molar-refractivity contribution in [1.29, 1.82) is 0 Å². The minimum Gasteiger partial charge on any atom is -0.462 e. The van der Waals surface area contributed by atoms with Gasteiger partial charge in [-0.1, -0.05) is 30.3 Å². The highest BCUT2D eigenvalue weighted by Gasteiger charge is 2.54. The highest BCUT2D eigenvalue weighted by Crippen LogP contribution is 2.60. The number of hydrogen-bond acceptors (Lipinski definition) is 6. The SMILES string of the molecule is CCOC(=O)c1sc(NC(=O)C23CC4CC(CC(C4)C2)C3)c(C(=O)OCC)c1-c1ccccc1. The highest BCUT2D eigenvalue weighted by molar-refractivity contribution is 7.19. The lowest BCUT2D eigenvalue weighted by Crippen LogP contribution is -2.51. The molecule has 0 radical (unpaired) electrons. The zero-order valence-electron chi connectivity index (χ0n) is 19.7. The number of benzene rings is 1. The molecule has 2 aromatic rings. The molecule has 34 heavy (non-hydrogen) atoms. The number of carbonyl (C=O) groups excluding carboxylic acids is 3. The van der Waals surface area contributed by atoms with Gasteiger partial charge in [-0.2, -0.15) is 0 Å². The van der Waals surface area contributed by atoms with Crippen LogP contribution in [-0.2, 0) is 14.3 Å². The molecule has 1 aromatic carbocycles. The summed E-state index contributed by atoms with van der Waals surface area (Å²) >= 11 is 1.11. The van der Waals surface area contributed by atoms with Crippen molar-refractivity contribution < 1.29 is 23.9 Å². The van der Waals surface area contributed by atoms with Crippen LogP contribution in [0.3, 0.4) is 0 Å². The van der Waals surface area contributed by atoms with Crippen molar-refractivity contribution in [1.82, 2.24) is 0 Å². The molecule has 4 aliphatic carbocycles. The minimum atomic E-state index is -0.547. The van der Waals surface area contributed by atoms with Crippen LogP contribution in [-0.4, -0.2) is 31.1 Å². The fourth-order valence-corrected chi connectivity index (χ4v) is 7.86. The maximum atomic E-state index is 13.8. The topological polar surface area (TPSA) is 81.7 Å². The maximum absolute atomic E-state index is 13.8. The van der Waals surface area contributed by atoms with Gasteiger partial charge in [0.1, 0.15) is 15.4 Å². The number of amides is 1. The number of ether oxygens (including phenoxy) is 2. The second kappa shape index (κ2) is 9.17. The Morgan fingerprint density at radius 3 is 2.03 bits per heavy atom. The van der Waals surface area contributed by atoms with E-state index in [1.807, 2.05) is 30.3 Å². The Balaban J connectivity index is 1.57. The lowest BCUT2D eigenvalue weighted by Gasteiger charge is -2.55. The molecular formula is C27H31NO5S. The Kier molecular flexibility index (Phi) is 6.23. The van der Waals surface area contributed by atoms with Crippen molar-refractivity contribution in [3.63, 3.8) is 0 Å². The van der Waals surface area contributed by atoms with Gasteiger partial charge in [0.25, 0.3) is 0 Å². The van der Waals surface area contributed by atoms with Crippen molar-refractivity contribution in [3.8, 4) is 11.1 Å². The quantitative estimate of drug-likeness (QED) is 0.496. The Hall–Kier alpha value is -2.67. The van der Waals surface area contributed by atoms with Gasteiger partial charge in [-0.3, -0.25) is 4.79 Å². The number of esters is 2. The summed E-state index contributed by atoms with van der Waals surface area (Å²) in [6.45, 7) is 3.90. The van der Waals surface area contributed by atoms with E-state index in [0.29, 0.717) is 38.8 Å². The van der Waals surface area contributed by atoms with Gasteiger partial charge in [-0.25, -0.2) is 9.59 Å². The van der Waals surface area contributed by atoms with E-state index in [4.69, 9.17) is 9.47 Å². The molecule has 1 N–H and O–H groups in total. The summed E-state index contributed by atoms with van der Waals surface area (Å²) in [6.07, 6.45) is 6.48. The van der Waals surface area contributed by atoms with Gasteiger partial charge >= 0.3 is 11.9 Å². The van der Waals surface area contributed by atoms with Gasteiger partial charge in [-0.05, 0) is 75.7 Å². The van der Waals surface area contributed by atoms with Crippen LogP contribution < -0.4 is 5.32 Å². The fourth-order valence-electron chi connectivity index (χ4n) is 6.76. The van der Waals surface area contributed by atoms with Gasteiger partial charge in [-0.15, -0.1) is 11.3 Å². The summed E-state index contributed by atoms with van der Waals surface area (Å²) in [5.41, 5.74) is 1.03. The van der Waals surface area contributed by atoms with Gasteiger partial charge in [0.05, 0.1) is 18.6 Å². The molecule has 0 spiro atoms. The third kappa shape index (κ3) is 4.04. The lowest BCUT2D eigenvalue weighted by molar-refractivity contribution is -0.140. The summed E-state index contributed by atoms with van der Waals surface area (Å²) < 4.78 is 10.7. The average Bonchev–Trinajstić information content (AvgIpc) is 3.18. The van der Waals surface area contributed by atoms with E-state index in [2.05, 4.69) is 5.32 Å². The summed E-state index contributed by atoms with van der Waals surface area (Å²) in [4.78, 5) is 40.2. The molecule has 4 fully saturated rings. The molecule has 0 unspecified atom stereocenters. The largest absolute Gasteiger partial charge is 0.462 e. The maximum Gasteiger partial charge on any atom is 0.349 e. The Morgan fingerprint density at radius 1 is 0.912 bits per heavy atom. The van der Waals surface area contributed by atoms with E-state index in [1.54, 1.807) is 13.8 Å². The number of thiophene rings is 1. The smallest absolute Gasteiger partial charge is 0.349 e. The van der Waals surface area contributed by atoms with Crippen LogP contribution in [0.4, 0.5) is 5.00 Å². The van der Waals surface area contributed by atoms with Crippen LogP contribution in [0, 0.1) is 23.2 Å². The number of anilines is 1. The van der Waals surface area contributed by atoms with E-state index in [0.717, 1.165) is 30.6 Å². The lowest BCUT2D eigenvalue weighted by atomic mass is 9.49. The molecule has 1 aromatic heterocycles. The minimum absolute atomic E-state index is 0.0200. The molecule has 0 saturated heterocycles. The molecule has 180 valence electrons. The van der Waals surface area contributed by atoms with Gasteiger partial charge in [0.2, 0.25) is 5.91 Å². The zero-order chi connectivity index (χ0) is 23.9. The zero-order valence-corrected chi connectivity index (χ0v) is 20.5. The number of carbonyl (C=O) groups is 3. The van der Waals surface area contributed by atoms with E-state index in [9.17, 15) is 14.4 Å². The van der Waals surface area contributed by atoms with Gasteiger partial charge < -0.3 is 14.8 Å². The molecule has 1 heterocycles. The summed E-state index contributed by atoms with van der Waals surface area (Å²) in [5.74, 6) is 0.800. The predicted octanol–water partition coefficient (Wildman–Crippen LogP) is 5.92. The molecule has 1 amide bonds. The third-order valence-electron chi connectivity index (χ3n) is 7.66. The molecular weight excluding hydrogens is 450 g/mol. The monoisotopic (exact) mass is 481 g/mol. The number of hydrogen-bond donors (Lipinski definition) is 1. The summed E-state index contributed by atoms with van der Waals surface area (Å²) in [5, 5.41) is 3.48. The van der Waals surface area contributed by atoms with Crippen LogP contribution >= 0.6 is 11.3 Å². The molecule has 4 bridgehead atoms. The van der Waals surface area contributed by atoms with E-state index < -0.39 is 11.9 Å². The molecule has 4 aliphatic rings. The van der Waals surface area contributed by atoms with Crippen LogP contribution in [0.1, 0.15) is 72.4 Å². The van der Waals surface area contributed by atoms with Crippen molar-refractivity contribution in [3.05, 3.63) is 40.8 Å². The summed E-state index contributed by atoms with van der Waals surface area (Å²) in [6, 6.07) is 9.27. The molecule has 0 atom stereocenters. The van der Waals surface area contributed by atoms with Crippen molar-refractivity contribution in [2.24, 2.45) is 23.2 Å². The third-order valence-corrected chi connectivity index (χ3v) is 8.74. The Morgan fingerprint density at radius 2 is 1.47 bits per heavy atom. The van der Waals surface area contributed by atoms with E-state index >= 15 is 0 Å². The van der Waals surface area contributed by atoms with Gasteiger partial charge in [0.15, 0.2) is 0 Å². The molecule has 6 nitrogen and oxygen atoms in total. The fraction of sp³-hybridized carbons (Fsp3) is 0.519. The van der Waals surface area contributed by atoms with Crippen LogP contribution in [0.15, 0.2) is 30.3 Å². The van der Waals surface area contributed by atoms with Crippen molar-refractivity contribution in [2.45, 2.75) is 52.4 Å². The highest BCUT2D eigenvalue weighted by atomic mass is 32.1. The van der Waals surface area contributed by atoms with E-state index in [1.165, 1.54) is 19.3 Å². The van der Waals surface area contributed by atoms with Crippen LogP contribution in [0.25, 0.3) is 11.1 Å². The Bertz CT molecular complexity index is 1070. The first-order valence-electron chi connectivity index (χ1n) is 12.3. The van der Waals surface area contributed by atoms with Gasteiger partial charge in [0, 0.05) is 5.56 Å². The molecule has 0 aliphatic heterocycles. The second-order valence-corrected chi connectivity index (χ2v) is 11.0. The standard InChI is InChI=1S/C27H31NO5S/c1-3-32-24(29)21-20(19-8-6-5-7-9-19)22(25(30)33-4-2)34-23(21)28-26(31)27-13-16-10-17(14-27)12-18(11-16)15-27/h5-9,16-18H,3-4,10-15H2,1-2H3,(H,28,31). The molecule has 7 heteroatoms. The van der Waals surface area contributed by atoms with Crippen LogP contribution in [0.2, 0.25) is 0 Å². The number of rotatable bonds is 7. The first-order chi connectivity index (χ1) is 16.4. The first-order valence-corrected chi connectivity index (χ1v) is 13.1. The first kappa shape index (κ1) is 23.1. The Labute approximate surface area is 204 Å². The molecule has 6 rings (SSSR count). The predicted molar refractivity (Wildman–Crippen MR) is 131 cm³/mol. The molecule has 4 saturated carbocycles. The average molecular weight is 482 g/mol. The second-order valence-electron chi connectivity index (χ2n) is 9.97. The number of nitrogens with one attached hydrogen (secondary N) is 1. The van der Waals surface area contributed by atoms with Crippen molar-refractivity contribution >= 4 is 34.2 Å². The normalized spacial score (nSPS) is 26.8. The van der Waals surface area contributed by atoms with Crippen molar-refractivity contribution in [2.75, 3.05) is 18.5 Å². The summed E-state index contributed by atoms with van der Waals surface area (Å²) in [7, 11) is 0. The van der Waals surface area contributed by atoms with Crippen LogP contribution in [0.5, 0.6) is 0 Å². The van der Waals surface area contributed by atoms with E-state index in [-0.39, 0.29) is 30.1 Å².